The summed E-state index contributed by atoms with van der Waals surface area (Å²) in [6, 6.07) is -0.722. The van der Waals surface area contributed by atoms with Crippen LogP contribution < -0.4 is 5.32 Å². The van der Waals surface area contributed by atoms with Gasteiger partial charge in [0.15, 0.2) is 0 Å². The quantitative estimate of drug-likeness (QED) is 0.432. The molecule has 0 saturated carbocycles. The predicted molar refractivity (Wildman–Crippen MR) is 90.9 cm³/mol. The number of carbonyl (C=O) groups is 2. The minimum Gasteiger partial charge on any atom is -0.480 e. The Morgan fingerprint density at radius 1 is 0.818 bits per heavy atom. The van der Waals surface area contributed by atoms with Crippen LogP contribution >= 0.6 is 0 Å². The highest BCUT2D eigenvalue weighted by Gasteiger charge is 2.17. The zero-order valence-corrected chi connectivity index (χ0v) is 14.5. The fraction of sp³-hybridized carbons (Fsp3) is 0.889. The van der Waals surface area contributed by atoms with E-state index in [1.807, 2.05) is 0 Å². The van der Waals surface area contributed by atoms with E-state index in [-0.39, 0.29) is 5.91 Å². The highest BCUT2D eigenvalue weighted by molar-refractivity contribution is 5.81. The summed E-state index contributed by atoms with van der Waals surface area (Å²) < 4.78 is 0. The summed E-state index contributed by atoms with van der Waals surface area (Å²) in [5.41, 5.74) is 0. The van der Waals surface area contributed by atoms with E-state index < -0.39 is 12.0 Å². The number of unbranched alkanes of at least 4 members (excludes halogenated alkanes) is 11. The first-order valence-electron chi connectivity index (χ1n) is 9.07. The van der Waals surface area contributed by atoms with Crippen molar-refractivity contribution in [3.63, 3.8) is 0 Å². The fourth-order valence-corrected chi connectivity index (χ4v) is 2.69. The topological polar surface area (TPSA) is 66.4 Å². The Morgan fingerprint density at radius 2 is 1.23 bits per heavy atom. The molecule has 0 spiro atoms. The molecule has 0 saturated heterocycles. The molecule has 0 radical (unpaired) electrons. The van der Waals surface area contributed by atoms with E-state index in [0.29, 0.717) is 6.42 Å². The van der Waals surface area contributed by atoms with Gasteiger partial charge in [-0.25, -0.2) is 4.79 Å². The number of hydrogen-bond acceptors (Lipinski definition) is 2. The number of carboxylic acid groups (broad SMARTS) is 1. The van der Waals surface area contributed by atoms with Crippen LogP contribution in [0.4, 0.5) is 0 Å². The van der Waals surface area contributed by atoms with Crippen LogP contribution in [0.5, 0.6) is 0 Å². The molecule has 1 amide bonds. The Balaban J connectivity index is 3.35. The smallest absolute Gasteiger partial charge is 0.326 e. The molecular weight excluding hydrogens is 278 g/mol. The molecule has 0 aromatic carbocycles. The second-order valence-corrected chi connectivity index (χ2v) is 6.27. The van der Waals surface area contributed by atoms with Gasteiger partial charge in [0.25, 0.3) is 0 Å². The van der Waals surface area contributed by atoms with E-state index in [9.17, 15) is 9.59 Å². The van der Waals surface area contributed by atoms with E-state index in [1.165, 1.54) is 71.1 Å². The molecule has 0 bridgehead atoms. The van der Waals surface area contributed by atoms with Crippen LogP contribution in [0.1, 0.15) is 97.3 Å². The average molecular weight is 313 g/mol. The van der Waals surface area contributed by atoms with Gasteiger partial charge in [-0.05, 0) is 6.42 Å². The zero-order chi connectivity index (χ0) is 16.6. The second-order valence-electron chi connectivity index (χ2n) is 6.27. The molecule has 0 aromatic rings. The number of hydrogen-bond donors (Lipinski definition) is 2. The van der Waals surface area contributed by atoms with Gasteiger partial charge in [0.2, 0.25) is 5.91 Å². The second kappa shape index (κ2) is 14.9. The molecule has 0 aliphatic heterocycles. The summed E-state index contributed by atoms with van der Waals surface area (Å²) in [6.07, 6.45) is 15.7. The molecule has 4 heteroatoms. The van der Waals surface area contributed by atoms with E-state index in [0.717, 1.165) is 12.8 Å². The van der Waals surface area contributed by atoms with Crippen LogP contribution in [0.25, 0.3) is 0 Å². The third-order valence-corrected chi connectivity index (χ3v) is 4.02. The molecule has 22 heavy (non-hydrogen) atoms. The summed E-state index contributed by atoms with van der Waals surface area (Å²) in [5.74, 6) is -1.20. The van der Waals surface area contributed by atoms with Crippen molar-refractivity contribution < 1.29 is 14.7 Å². The van der Waals surface area contributed by atoms with Crippen molar-refractivity contribution in [2.45, 2.75) is 103 Å². The normalized spacial score (nSPS) is 12.1. The third-order valence-electron chi connectivity index (χ3n) is 4.02. The number of carboxylic acids is 1. The molecular formula is C18H35NO3. The van der Waals surface area contributed by atoms with Gasteiger partial charge < -0.3 is 10.4 Å². The minimum atomic E-state index is -0.932. The van der Waals surface area contributed by atoms with E-state index >= 15 is 0 Å². The van der Waals surface area contributed by atoms with Crippen molar-refractivity contribution >= 4 is 11.9 Å². The lowest BCUT2D eigenvalue weighted by Gasteiger charge is -2.12. The lowest BCUT2D eigenvalue weighted by Crippen LogP contribution is -2.39. The molecule has 0 heterocycles. The first-order valence-corrected chi connectivity index (χ1v) is 9.07. The summed E-state index contributed by atoms with van der Waals surface area (Å²) in [7, 11) is 0. The first kappa shape index (κ1) is 20.9. The third kappa shape index (κ3) is 13.9. The van der Waals surface area contributed by atoms with Crippen molar-refractivity contribution in [1.82, 2.24) is 5.32 Å². The van der Waals surface area contributed by atoms with E-state index in [1.54, 1.807) is 0 Å². The predicted octanol–water partition coefficient (Wildman–Crippen LogP) is 4.67. The maximum Gasteiger partial charge on any atom is 0.326 e. The molecule has 0 fully saturated rings. The maximum atomic E-state index is 11.0. The standard InChI is InChI=1S/C18H35NO3/c1-3-4-5-6-7-8-9-10-11-12-13-14-15-17(18(21)22)19-16(2)20/h17H,3-15H2,1-2H3,(H,19,20)(H,21,22)/t17-/m0/s1. The van der Waals surface area contributed by atoms with Crippen LogP contribution in [0.15, 0.2) is 0 Å². The lowest BCUT2D eigenvalue weighted by molar-refractivity contribution is -0.141. The van der Waals surface area contributed by atoms with Gasteiger partial charge in [-0.3, -0.25) is 4.79 Å². The zero-order valence-electron chi connectivity index (χ0n) is 14.5. The van der Waals surface area contributed by atoms with Crippen molar-refractivity contribution in [3.05, 3.63) is 0 Å². The monoisotopic (exact) mass is 313 g/mol. The largest absolute Gasteiger partial charge is 0.480 e. The van der Waals surface area contributed by atoms with E-state index in [2.05, 4.69) is 12.2 Å². The van der Waals surface area contributed by atoms with Crippen molar-refractivity contribution in [3.8, 4) is 0 Å². The number of rotatable bonds is 15. The van der Waals surface area contributed by atoms with Crippen LogP contribution in [-0.2, 0) is 9.59 Å². The number of aliphatic carboxylic acids is 1. The Hall–Kier alpha value is -1.06. The van der Waals surface area contributed by atoms with Crippen molar-refractivity contribution in [2.75, 3.05) is 0 Å². The lowest BCUT2D eigenvalue weighted by atomic mass is 10.0. The van der Waals surface area contributed by atoms with Gasteiger partial charge in [-0.2, -0.15) is 0 Å². The molecule has 0 aromatic heterocycles. The van der Waals surface area contributed by atoms with Gasteiger partial charge >= 0.3 is 5.97 Å². The summed E-state index contributed by atoms with van der Waals surface area (Å²) in [4.78, 5) is 21.9. The van der Waals surface area contributed by atoms with Gasteiger partial charge in [0.05, 0.1) is 0 Å². The van der Waals surface area contributed by atoms with Crippen molar-refractivity contribution in [1.29, 1.82) is 0 Å². The van der Waals surface area contributed by atoms with E-state index in [4.69, 9.17) is 5.11 Å². The molecule has 0 rings (SSSR count). The molecule has 130 valence electrons. The Kier molecular flexibility index (Phi) is 14.1. The van der Waals surface area contributed by atoms with Crippen LogP contribution in [-0.4, -0.2) is 23.0 Å². The van der Waals surface area contributed by atoms with Gasteiger partial charge in [0.1, 0.15) is 6.04 Å². The molecule has 0 aliphatic rings. The van der Waals surface area contributed by atoms with Crippen molar-refractivity contribution in [2.24, 2.45) is 0 Å². The van der Waals surface area contributed by atoms with Crippen LogP contribution in [0.3, 0.4) is 0 Å². The summed E-state index contributed by atoms with van der Waals surface area (Å²) >= 11 is 0. The van der Waals surface area contributed by atoms with Gasteiger partial charge in [0, 0.05) is 6.92 Å². The maximum absolute atomic E-state index is 11.0. The highest BCUT2D eigenvalue weighted by Crippen LogP contribution is 2.13. The molecule has 0 unspecified atom stereocenters. The van der Waals surface area contributed by atoms with Gasteiger partial charge in [-0.1, -0.05) is 84.0 Å². The summed E-state index contributed by atoms with van der Waals surface area (Å²) in [5, 5.41) is 11.5. The number of carbonyl (C=O) groups excluding carboxylic acids is 1. The fourth-order valence-electron chi connectivity index (χ4n) is 2.69. The van der Waals surface area contributed by atoms with Gasteiger partial charge in [-0.15, -0.1) is 0 Å². The summed E-state index contributed by atoms with van der Waals surface area (Å²) in [6.45, 7) is 3.60. The number of nitrogens with one attached hydrogen (secondary N) is 1. The molecule has 0 aliphatic carbocycles. The molecule has 4 nitrogen and oxygen atoms in total. The SMILES string of the molecule is CCCCCCCCCCCCCC[C@H](NC(C)=O)C(=O)O. The van der Waals surface area contributed by atoms with Crippen LogP contribution in [0, 0.1) is 0 Å². The van der Waals surface area contributed by atoms with Crippen LogP contribution in [0.2, 0.25) is 0 Å². The minimum absolute atomic E-state index is 0.272. The highest BCUT2D eigenvalue weighted by atomic mass is 16.4. The Bertz CT molecular complexity index is 292. The molecule has 2 N–H and O–H groups in total. The Labute approximate surface area is 136 Å². The Morgan fingerprint density at radius 3 is 1.59 bits per heavy atom. The first-order chi connectivity index (χ1) is 10.6. The average Bonchev–Trinajstić information content (AvgIpc) is 2.46. The molecule has 1 atom stereocenters. The number of amides is 1.